The first kappa shape index (κ1) is 26.7. The number of rotatable bonds is 13. The molecule has 14 nitrogen and oxygen atoms in total. The van der Waals surface area contributed by atoms with Gasteiger partial charge in [0, 0.05) is 0 Å². The second kappa shape index (κ2) is 12.3. The van der Waals surface area contributed by atoms with Gasteiger partial charge in [-0.05, 0) is 5.92 Å². The van der Waals surface area contributed by atoms with E-state index >= 15 is 0 Å². The summed E-state index contributed by atoms with van der Waals surface area (Å²) in [6, 6.07) is -5.76. The molecular weight excluding hydrogens is 404 g/mol. The fourth-order valence-electron chi connectivity index (χ4n) is 2.23. The maximum absolute atomic E-state index is 12.6. The van der Waals surface area contributed by atoms with E-state index in [0.717, 1.165) is 0 Å². The standard InChI is InChI=1S/C16H28N6O8/c1-6(2)12(15(28)21-9(5-23)16(29)30)22-14(27)8(4-11(19)25)20-13(26)7(17)3-10(18)24/h6-9,12,23H,3-5,17H2,1-2H3,(H2,18,24)(H2,19,25)(H,20,26)(H,21,28)(H,22,27)(H,29,30). The van der Waals surface area contributed by atoms with Gasteiger partial charge in [0.05, 0.1) is 25.5 Å². The lowest BCUT2D eigenvalue weighted by Crippen LogP contribution is -2.59. The predicted molar refractivity (Wildman–Crippen MR) is 101 cm³/mol. The Morgan fingerprint density at radius 1 is 0.800 bits per heavy atom. The number of primary amides is 2. The van der Waals surface area contributed by atoms with Gasteiger partial charge in [0.1, 0.15) is 18.1 Å². The van der Waals surface area contributed by atoms with Gasteiger partial charge in [-0.25, -0.2) is 4.79 Å². The van der Waals surface area contributed by atoms with E-state index in [1.807, 2.05) is 0 Å². The average Bonchev–Trinajstić information content (AvgIpc) is 2.61. The van der Waals surface area contributed by atoms with E-state index in [4.69, 9.17) is 27.4 Å². The van der Waals surface area contributed by atoms with Gasteiger partial charge in [-0.3, -0.25) is 24.0 Å². The van der Waals surface area contributed by atoms with Crippen molar-refractivity contribution in [1.29, 1.82) is 0 Å². The summed E-state index contributed by atoms with van der Waals surface area (Å²) in [7, 11) is 0. The Morgan fingerprint density at radius 3 is 1.70 bits per heavy atom. The van der Waals surface area contributed by atoms with Crippen molar-refractivity contribution in [3.63, 3.8) is 0 Å². The SMILES string of the molecule is CC(C)C(NC(=O)C(CC(N)=O)NC(=O)C(N)CC(N)=O)C(=O)NC(CO)C(=O)O. The molecular formula is C16H28N6O8. The number of carboxylic acids is 1. The molecule has 0 radical (unpaired) electrons. The fraction of sp³-hybridized carbons (Fsp3) is 0.625. The third-order valence-corrected chi connectivity index (χ3v) is 3.84. The number of carbonyl (C=O) groups is 6. The van der Waals surface area contributed by atoms with Gasteiger partial charge >= 0.3 is 5.97 Å². The summed E-state index contributed by atoms with van der Waals surface area (Å²) in [4.78, 5) is 70.0. The second-order valence-electron chi connectivity index (χ2n) is 6.82. The molecule has 4 unspecified atom stereocenters. The Balaban J connectivity index is 5.38. The zero-order chi connectivity index (χ0) is 23.6. The third-order valence-electron chi connectivity index (χ3n) is 3.84. The van der Waals surface area contributed by atoms with Gasteiger partial charge < -0.3 is 43.4 Å². The van der Waals surface area contributed by atoms with Crippen molar-refractivity contribution in [2.24, 2.45) is 23.1 Å². The van der Waals surface area contributed by atoms with E-state index in [0.29, 0.717) is 0 Å². The number of aliphatic hydroxyl groups is 1. The summed E-state index contributed by atoms with van der Waals surface area (Å²) < 4.78 is 0. The van der Waals surface area contributed by atoms with Crippen LogP contribution in [-0.2, 0) is 28.8 Å². The lowest BCUT2D eigenvalue weighted by atomic mass is 10.0. The molecule has 0 saturated carbocycles. The van der Waals surface area contributed by atoms with Crippen LogP contribution in [0.1, 0.15) is 26.7 Å². The molecule has 170 valence electrons. The number of aliphatic hydroxyl groups excluding tert-OH is 1. The molecule has 14 heteroatoms. The van der Waals surface area contributed by atoms with Crippen LogP contribution < -0.4 is 33.2 Å². The highest BCUT2D eigenvalue weighted by atomic mass is 16.4. The van der Waals surface area contributed by atoms with Gasteiger partial charge in [-0.15, -0.1) is 0 Å². The zero-order valence-electron chi connectivity index (χ0n) is 16.6. The van der Waals surface area contributed by atoms with Crippen molar-refractivity contribution in [2.45, 2.75) is 50.9 Å². The molecule has 30 heavy (non-hydrogen) atoms. The number of nitrogens with two attached hydrogens (primary N) is 3. The van der Waals surface area contributed by atoms with E-state index in [-0.39, 0.29) is 0 Å². The minimum absolute atomic E-state index is 0.508. The summed E-state index contributed by atoms with van der Waals surface area (Å²) in [5, 5.41) is 24.5. The number of amides is 5. The van der Waals surface area contributed by atoms with Crippen LogP contribution in [0.15, 0.2) is 0 Å². The minimum atomic E-state index is -1.59. The zero-order valence-corrected chi connectivity index (χ0v) is 16.6. The number of carbonyl (C=O) groups excluding carboxylic acids is 5. The lowest BCUT2D eigenvalue weighted by molar-refractivity contribution is -0.143. The Hall–Kier alpha value is -3.26. The van der Waals surface area contributed by atoms with Crippen LogP contribution in [0.2, 0.25) is 0 Å². The largest absolute Gasteiger partial charge is 0.480 e. The molecule has 4 atom stereocenters. The molecule has 0 rings (SSSR count). The van der Waals surface area contributed by atoms with Crippen molar-refractivity contribution < 1.29 is 39.0 Å². The van der Waals surface area contributed by atoms with Gasteiger partial charge in [0.2, 0.25) is 29.5 Å². The lowest BCUT2D eigenvalue weighted by Gasteiger charge is -2.26. The van der Waals surface area contributed by atoms with Crippen LogP contribution in [0, 0.1) is 5.92 Å². The monoisotopic (exact) mass is 432 g/mol. The predicted octanol–water partition coefficient (Wildman–Crippen LogP) is -4.75. The molecule has 0 aromatic rings. The van der Waals surface area contributed by atoms with Crippen LogP contribution in [0.25, 0.3) is 0 Å². The van der Waals surface area contributed by atoms with E-state index in [2.05, 4.69) is 16.0 Å². The number of carboxylic acid groups (broad SMARTS) is 1. The molecule has 0 fully saturated rings. The smallest absolute Gasteiger partial charge is 0.328 e. The fourth-order valence-corrected chi connectivity index (χ4v) is 2.23. The highest BCUT2D eigenvalue weighted by molar-refractivity contribution is 5.96. The van der Waals surface area contributed by atoms with Crippen molar-refractivity contribution >= 4 is 35.5 Å². The Labute approximate surface area is 171 Å². The first-order chi connectivity index (χ1) is 13.8. The highest BCUT2D eigenvalue weighted by Crippen LogP contribution is 2.05. The van der Waals surface area contributed by atoms with E-state index in [1.54, 1.807) is 13.8 Å². The molecule has 11 N–H and O–H groups in total. The molecule has 0 spiro atoms. The normalized spacial score (nSPS) is 14.7. The Kier molecular flexibility index (Phi) is 11.0. The molecule has 5 amide bonds. The first-order valence-electron chi connectivity index (χ1n) is 8.87. The number of aliphatic carboxylic acids is 1. The molecule has 0 aromatic carbocycles. The molecule has 0 aliphatic carbocycles. The van der Waals surface area contributed by atoms with Gasteiger partial charge in [-0.2, -0.15) is 0 Å². The summed E-state index contributed by atoms with van der Waals surface area (Å²) in [6.07, 6.45) is -1.15. The van der Waals surface area contributed by atoms with Crippen LogP contribution in [0.4, 0.5) is 0 Å². The highest BCUT2D eigenvalue weighted by Gasteiger charge is 2.32. The van der Waals surface area contributed by atoms with Crippen LogP contribution >= 0.6 is 0 Å². The van der Waals surface area contributed by atoms with Gasteiger partial charge in [0.15, 0.2) is 0 Å². The van der Waals surface area contributed by atoms with Gasteiger partial charge in [-0.1, -0.05) is 13.8 Å². The molecule has 0 bridgehead atoms. The van der Waals surface area contributed by atoms with E-state index in [1.165, 1.54) is 0 Å². The second-order valence-corrected chi connectivity index (χ2v) is 6.82. The molecule has 0 heterocycles. The van der Waals surface area contributed by atoms with Crippen LogP contribution in [-0.4, -0.2) is 76.5 Å². The van der Waals surface area contributed by atoms with Crippen molar-refractivity contribution in [3.8, 4) is 0 Å². The summed E-state index contributed by atoms with van der Waals surface area (Å²) >= 11 is 0. The number of nitrogens with one attached hydrogen (secondary N) is 3. The molecule has 0 saturated heterocycles. The maximum Gasteiger partial charge on any atom is 0.328 e. The topological polar surface area (TPSA) is 257 Å². The summed E-state index contributed by atoms with van der Waals surface area (Å²) in [5.41, 5.74) is 15.5. The van der Waals surface area contributed by atoms with Crippen LogP contribution in [0.3, 0.4) is 0 Å². The summed E-state index contributed by atoms with van der Waals surface area (Å²) in [6.45, 7) is 2.21. The molecule has 0 aromatic heterocycles. The van der Waals surface area contributed by atoms with Gasteiger partial charge in [0.25, 0.3) is 0 Å². The van der Waals surface area contributed by atoms with Crippen molar-refractivity contribution in [3.05, 3.63) is 0 Å². The first-order valence-corrected chi connectivity index (χ1v) is 8.87. The van der Waals surface area contributed by atoms with Crippen molar-refractivity contribution in [2.75, 3.05) is 6.61 Å². The number of hydrogen-bond donors (Lipinski definition) is 8. The van der Waals surface area contributed by atoms with E-state index < -0.39 is 85.0 Å². The summed E-state index contributed by atoms with van der Waals surface area (Å²) in [5.74, 6) is -6.66. The quantitative estimate of drug-likeness (QED) is 0.139. The maximum atomic E-state index is 12.6. The van der Waals surface area contributed by atoms with Crippen molar-refractivity contribution in [1.82, 2.24) is 16.0 Å². The molecule has 0 aliphatic heterocycles. The Morgan fingerprint density at radius 2 is 1.30 bits per heavy atom. The third kappa shape index (κ3) is 9.29. The van der Waals surface area contributed by atoms with Crippen LogP contribution in [0.5, 0.6) is 0 Å². The minimum Gasteiger partial charge on any atom is -0.480 e. The average molecular weight is 432 g/mol. The molecule has 0 aliphatic rings. The Bertz CT molecular complexity index is 683. The number of hydrogen-bond acceptors (Lipinski definition) is 8. The van der Waals surface area contributed by atoms with E-state index in [9.17, 15) is 28.8 Å².